The van der Waals surface area contributed by atoms with Crippen LogP contribution in [0.1, 0.15) is 6.92 Å². The average molecular weight is 455 g/mol. The Morgan fingerprint density at radius 2 is 2.00 bits per heavy atom. The van der Waals surface area contributed by atoms with E-state index in [0.717, 1.165) is 11.4 Å². The van der Waals surface area contributed by atoms with E-state index >= 15 is 0 Å². The van der Waals surface area contributed by atoms with E-state index in [1.165, 1.54) is 6.33 Å². The molecule has 1 unspecified atom stereocenters. The Balaban J connectivity index is 2.28. The summed E-state index contributed by atoms with van der Waals surface area (Å²) in [5.74, 6) is 0.0871. The maximum Gasteiger partial charge on any atom is 0.408 e. The van der Waals surface area contributed by atoms with Crippen molar-refractivity contribution in [1.29, 1.82) is 0 Å². The second-order valence-electron chi connectivity index (χ2n) is 5.13. The molecule has 0 aliphatic rings. The number of benzene rings is 1. The van der Waals surface area contributed by atoms with Crippen LogP contribution in [0.2, 0.25) is 10.2 Å². The van der Waals surface area contributed by atoms with E-state index in [9.17, 15) is 13.2 Å². The van der Waals surface area contributed by atoms with Gasteiger partial charge >= 0.3 is 6.18 Å². The van der Waals surface area contributed by atoms with Gasteiger partial charge in [0.25, 0.3) is 5.78 Å². The van der Waals surface area contributed by atoms with Crippen LogP contribution in [-0.2, 0) is 0 Å². The quantitative estimate of drug-likeness (QED) is 0.551. The maximum atomic E-state index is 13.1. The lowest BCUT2D eigenvalue weighted by Crippen LogP contribution is -2.34. The molecule has 0 amide bonds. The number of fused-ring (bicyclic) bond motifs is 1. The van der Waals surface area contributed by atoms with E-state index in [1.807, 2.05) is 0 Å². The topological polar surface area (TPSA) is 55.1 Å². The standard InChI is InChI=1S/C14H9BrCl2F3N5/c1-6(14(18,19)20)23-12-10(8-4-7(16)2-3-9(8)15)11(17)24-13-21-5-22-25(12)13/h2-6,23H,1H3. The smallest absolute Gasteiger partial charge is 0.358 e. The lowest BCUT2D eigenvalue weighted by molar-refractivity contribution is -0.138. The van der Waals surface area contributed by atoms with Crippen molar-refractivity contribution in [3.8, 4) is 11.1 Å². The first-order chi connectivity index (χ1) is 11.7. The van der Waals surface area contributed by atoms with E-state index < -0.39 is 12.2 Å². The number of rotatable bonds is 3. The van der Waals surface area contributed by atoms with E-state index in [1.54, 1.807) is 18.2 Å². The van der Waals surface area contributed by atoms with E-state index in [-0.39, 0.29) is 22.3 Å². The lowest BCUT2D eigenvalue weighted by Gasteiger charge is -2.21. The van der Waals surface area contributed by atoms with Crippen molar-refractivity contribution >= 4 is 50.7 Å². The number of nitrogens with one attached hydrogen (secondary N) is 1. The van der Waals surface area contributed by atoms with Crippen LogP contribution in [0.25, 0.3) is 16.9 Å². The van der Waals surface area contributed by atoms with Gasteiger partial charge in [0.15, 0.2) is 0 Å². The third-order valence-corrected chi connectivity index (χ3v) is 4.62. The van der Waals surface area contributed by atoms with Crippen LogP contribution in [0, 0.1) is 0 Å². The summed E-state index contributed by atoms with van der Waals surface area (Å²) in [7, 11) is 0. The fourth-order valence-electron chi connectivity index (χ4n) is 2.16. The minimum absolute atomic E-state index is 0.0142. The Hall–Kier alpha value is -1.58. The molecule has 0 radical (unpaired) electrons. The number of anilines is 1. The summed E-state index contributed by atoms with van der Waals surface area (Å²) in [5.41, 5.74) is 0.699. The summed E-state index contributed by atoms with van der Waals surface area (Å²) in [4.78, 5) is 7.96. The molecule has 0 aliphatic carbocycles. The lowest BCUT2D eigenvalue weighted by atomic mass is 10.1. The van der Waals surface area contributed by atoms with E-state index in [2.05, 4.69) is 36.3 Å². The molecule has 0 saturated heterocycles. The fraction of sp³-hybridized carbons (Fsp3) is 0.214. The molecule has 0 bridgehead atoms. The van der Waals surface area contributed by atoms with Crippen molar-refractivity contribution in [2.24, 2.45) is 0 Å². The second kappa shape index (κ2) is 6.62. The van der Waals surface area contributed by atoms with Crippen LogP contribution < -0.4 is 5.32 Å². The number of nitrogens with zero attached hydrogens (tertiary/aromatic N) is 4. The number of halogens is 6. The summed E-state index contributed by atoms with van der Waals surface area (Å²) in [6.45, 7) is 0.994. The van der Waals surface area contributed by atoms with Crippen molar-refractivity contribution < 1.29 is 13.2 Å². The van der Waals surface area contributed by atoms with Gasteiger partial charge in [-0.25, -0.2) is 0 Å². The zero-order chi connectivity index (χ0) is 18.4. The summed E-state index contributed by atoms with van der Waals surface area (Å²) >= 11 is 15.6. The molecular weight excluding hydrogens is 446 g/mol. The predicted molar refractivity (Wildman–Crippen MR) is 93.1 cm³/mol. The van der Waals surface area contributed by atoms with Gasteiger partial charge in [-0.15, -0.1) is 0 Å². The number of hydrogen-bond acceptors (Lipinski definition) is 4. The molecule has 3 rings (SSSR count). The molecule has 2 heterocycles. The zero-order valence-electron chi connectivity index (χ0n) is 12.4. The first kappa shape index (κ1) is 18.2. The summed E-state index contributed by atoms with van der Waals surface area (Å²) < 4.78 is 40.9. The molecule has 1 N–H and O–H groups in total. The van der Waals surface area contributed by atoms with Gasteiger partial charge < -0.3 is 5.32 Å². The molecule has 1 aromatic carbocycles. The molecule has 0 aliphatic heterocycles. The van der Waals surface area contributed by atoms with Gasteiger partial charge in [-0.05, 0) is 25.1 Å². The summed E-state index contributed by atoms with van der Waals surface area (Å²) in [6.07, 6.45) is -3.29. The molecule has 0 fully saturated rings. The van der Waals surface area contributed by atoms with Crippen LogP contribution in [0.3, 0.4) is 0 Å². The Labute approximate surface area is 158 Å². The third-order valence-electron chi connectivity index (χ3n) is 3.42. The molecule has 132 valence electrons. The van der Waals surface area contributed by atoms with Gasteiger partial charge in [0.05, 0.1) is 5.56 Å². The third kappa shape index (κ3) is 3.54. The van der Waals surface area contributed by atoms with Gasteiger partial charge in [0.1, 0.15) is 23.3 Å². The highest BCUT2D eigenvalue weighted by Crippen LogP contribution is 2.40. The highest BCUT2D eigenvalue weighted by molar-refractivity contribution is 9.10. The first-order valence-electron chi connectivity index (χ1n) is 6.86. The zero-order valence-corrected chi connectivity index (χ0v) is 15.5. The van der Waals surface area contributed by atoms with Crippen molar-refractivity contribution in [3.05, 3.63) is 39.2 Å². The molecule has 5 nitrogen and oxygen atoms in total. The van der Waals surface area contributed by atoms with Crippen LogP contribution in [0.5, 0.6) is 0 Å². The van der Waals surface area contributed by atoms with Crippen LogP contribution >= 0.6 is 39.1 Å². The van der Waals surface area contributed by atoms with Crippen LogP contribution in [0.15, 0.2) is 29.0 Å². The van der Waals surface area contributed by atoms with Gasteiger partial charge in [0.2, 0.25) is 0 Å². The summed E-state index contributed by atoms with van der Waals surface area (Å²) in [6, 6.07) is 3.02. The largest absolute Gasteiger partial charge is 0.408 e. The van der Waals surface area contributed by atoms with Gasteiger partial charge in [-0.2, -0.15) is 32.8 Å². The van der Waals surface area contributed by atoms with Crippen LogP contribution in [0.4, 0.5) is 19.0 Å². The highest BCUT2D eigenvalue weighted by Gasteiger charge is 2.37. The van der Waals surface area contributed by atoms with Gasteiger partial charge in [-0.3, -0.25) is 0 Å². The Kier molecular flexibility index (Phi) is 4.82. The van der Waals surface area contributed by atoms with Gasteiger partial charge in [0, 0.05) is 15.1 Å². The van der Waals surface area contributed by atoms with Crippen molar-refractivity contribution in [2.75, 3.05) is 5.32 Å². The van der Waals surface area contributed by atoms with Crippen molar-refractivity contribution in [3.63, 3.8) is 0 Å². The van der Waals surface area contributed by atoms with Crippen molar-refractivity contribution in [1.82, 2.24) is 19.6 Å². The summed E-state index contributed by atoms with van der Waals surface area (Å²) in [5, 5.41) is 6.72. The molecule has 3 aromatic rings. The molecule has 11 heteroatoms. The molecule has 2 aromatic heterocycles. The average Bonchev–Trinajstić information content (AvgIpc) is 2.97. The first-order valence-corrected chi connectivity index (χ1v) is 8.41. The molecule has 0 saturated carbocycles. The molecular formula is C14H9BrCl2F3N5. The maximum absolute atomic E-state index is 13.1. The monoisotopic (exact) mass is 453 g/mol. The number of aromatic nitrogens is 4. The Morgan fingerprint density at radius 1 is 1.28 bits per heavy atom. The number of alkyl halides is 3. The SMILES string of the molecule is CC(Nc1c(-c2cc(Cl)ccc2Br)c(Cl)nc2ncnn12)C(F)(F)F. The molecule has 1 atom stereocenters. The normalized spacial score (nSPS) is 13.2. The van der Waals surface area contributed by atoms with Crippen LogP contribution in [-0.4, -0.2) is 31.8 Å². The second-order valence-corrected chi connectivity index (χ2v) is 6.78. The van der Waals surface area contributed by atoms with E-state index in [4.69, 9.17) is 23.2 Å². The van der Waals surface area contributed by atoms with Gasteiger partial charge in [-0.1, -0.05) is 39.1 Å². The number of hydrogen-bond donors (Lipinski definition) is 1. The Morgan fingerprint density at radius 3 is 2.68 bits per heavy atom. The van der Waals surface area contributed by atoms with E-state index in [0.29, 0.717) is 15.1 Å². The minimum atomic E-state index is -4.47. The predicted octanol–water partition coefficient (Wildman–Crippen LogP) is 5.22. The van der Waals surface area contributed by atoms with Crippen molar-refractivity contribution in [2.45, 2.75) is 19.1 Å². The highest BCUT2D eigenvalue weighted by atomic mass is 79.9. The minimum Gasteiger partial charge on any atom is -0.358 e. The Bertz CT molecular complexity index is 944. The molecule has 25 heavy (non-hydrogen) atoms. The molecule has 0 spiro atoms. The fourth-order valence-corrected chi connectivity index (χ4v) is 3.05.